The molecule has 1 amide bonds. The minimum Gasteiger partial charge on any atom is -0.441 e. The Morgan fingerprint density at radius 3 is 2.58 bits per heavy atom. The molecule has 1 atom stereocenters. The molecule has 0 spiro atoms. The summed E-state index contributed by atoms with van der Waals surface area (Å²) in [6, 6.07) is 13.2. The smallest absolute Gasteiger partial charge is 0.330 e. The van der Waals surface area contributed by atoms with E-state index < -0.39 is 23.7 Å². The number of ketones is 1. The Hall–Kier alpha value is -3.39. The fourth-order valence-corrected chi connectivity index (χ4v) is 3.05. The number of carbonyl (C=O) groups excluding carboxylic acids is 3. The molecule has 132 valence electrons. The summed E-state index contributed by atoms with van der Waals surface area (Å²) in [4.78, 5) is 38.0. The van der Waals surface area contributed by atoms with Gasteiger partial charge in [0.15, 0.2) is 6.73 Å². The fraction of sp³-hybridized carbons (Fsp3) is 0.167. The lowest BCUT2D eigenvalue weighted by atomic mass is 10.1. The molecule has 2 aliphatic heterocycles. The monoisotopic (exact) mass is 352 g/mol. The van der Waals surface area contributed by atoms with Gasteiger partial charge in [-0.1, -0.05) is 24.3 Å². The van der Waals surface area contributed by atoms with Crippen LogP contribution in [0.5, 0.6) is 0 Å². The number of para-hydroxylation sites is 3. The van der Waals surface area contributed by atoms with Crippen LogP contribution in [0.25, 0.3) is 0 Å². The number of carbonyl (C=O) groups is 3. The van der Waals surface area contributed by atoms with Crippen LogP contribution < -0.4 is 20.9 Å². The van der Waals surface area contributed by atoms with E-state index in [9.17, 15) is 14.4 Å². The van der Waals surface area contributed by atoms with Crippen LogP contribution in [0.15, 0.2) is 48.5 Å². The van der Waals surface area contributed by atoms with Crippen molar-refractivity contribution in [1.82, 2.24) is 5.53 Å². The highest BCUT2D eigenvalue weighted by Crippen LogP contribution is 2.31. The van der Waals surface area contributed by atoms with Crippen LogP contribution in [0.1, 0.15) is 17.3 Å². The molecule has 2 aliphatic rings. The van der Waals surface area contributed by atoms with Crippen molar-refractivity contribution in [2.45, 2.75) is 13.0 Å². The van der Waals surface area contributed by atoms with E-state index in [0.29, 0.717) is 11.3 Å². The Morgan fingerprint density at radius 1 is 1.08 bits per heavy atom. The van der Waals surface area contributed by atoms with Crippen LogP contribution in [-0.4, -0.2) is 30.4 Å². The number of ether oxygens (including phenoxy) is 1. The third kappa shape index (κ3) is 2.47. The number of hydrogen-bond donors (Lipinski definition) is 2. The zero-order valence-electron chi connectivity index (χ0n) is 13.9. The van der Waals surface area contributed by atoms with Crippen molar-refractivity contribution in [2.75, 3.05) is 22.1 Å². The number of benzene rings is 2. The van der Waals surface area contributed by atoms with Gasteiger partial charge in [0.2, 0.25) is 0 Å². The molecule has 2 N–H and O–H groups in total. The maximum absolute atomic E-state index is 12.5. The highest BCUT2D eigenvalue weighted by molar-refractivity contribution is 6.52. The Kier molecular flexibility index (Phi) is 3.81. The summed E-state index contributed by atoms with van der Waals surface area (Å²) in [5, 5.41) is 1.63. The number of nitrogens with one attached hydrogen (secondary N) is 2. The van der Waals surface area contributed by atoms with Gasteiger partial charge in [0.05, 0.1) is 22.6 Å². The first-order valence-electron chi connectivity index (χ1n) is 8.09. The number of nitrogens with zero attached hydrogens (tertiary/aromatic N) is 2. The van der Waals surface area contributed by atoms with Crippen molar-refractivity contribution in [3.63, 3.8) is 0 Å². The summed E-state index contributed by atoms with van der Waals surface area (Å²) in [6.45, 7) is 1.49. The molecule has 0 aromatic heterocycles. The van der Waals surface area contributed by atoms with Crippen LogP contribution in [0.2, 0.25) is 0 Å². The zero-order chi connectivity index (χ0) is 18.3. The van der Waals surface area contributed by atoms with E-state index in [4.69, 9.17) is 4.74 Å². The van der Waals surface area contributed by atoms with E-state index in [1.165, 1.54) is 4.90 Å². The quantitative estimate of drug-likeness (QED) is 0.636. The van der Waals surface area contributed by atoms with Crippen molar-refractivity contribution in [1.29, 1.82) is 0 Å². The number of rotatable bonds is 4. The first-order chi connectivity index (χ1) is 12.6. The maximum Gasteiger partial charge on any atom is 0.330 e. The highest BCUT2D eigenvalue weighted by Gasteiger charge is 2.41. The van der Waals surface area contributed by atoms with Crippen LogP contribution in [0.3, 0.4) is 0 Å². The molecule has 2 heterocycles. The first-order valence-corrected chi connectivity index (χ1v) is 8.09. The predicted molar refractivity (Wildman–Crippen MR) is 94.4 cm³/mol. The Labute approximate surface area is 149 Å². The number of Topliss-reactive ketones (excluding diaryl/α,β-unsaturated/α-hetero) is 1. The minimum atomic E-state index is -0.916. The summed E-state index contributed by atoms with van der Waals surface area (Å²) in [6.07, 6.45) is 0. The van der Waals surface area contributed by atoms with Crippen molar-refractivity contribution in [3.05, 3.63) is 54.1 Å². The molecule has 2 aromatic rings. The molecule has 0 saturated carbocycles. The summed E-state index contributed by atoms with van der Waals surface area (Å²) >= 11 is 0. The van der Waals surface area contributed by atoms with Crippen molar-refractivity contribution < 1.29 is 19.1 Å². The largest absolute Gasteiger partial charge is 0.441 e. The standard InChI is InChI=1S/C18H16N4O4/c1-11(22-14-8-4-2-6-12(14)16(23)17(22)24)18(25)26-10-21-15-9-5-3-7-13(15)19-20-21/h2-9,11,19-20H,10H2,1H3/t11-/m0/s1. The number of hydrazine groups is 2. The van der Waals surface area contributed by atoms with E-state index in [1.54, 1.807) is 36.2 Å². The average molecular weight is 352 g/mol. The maximum atomic E-state index is 12.5. The molecule has 0 saturated heterocycles. The van der Waals surface area contributed by atoms with E-state index >= 15 is 0 Å². The van der Waals surface area contributed by atoms with Crippen LogP contribution in [0.4, 0.5) is 17.1 Å². The van der Waals surface area contributed by atoms with E-state index in [1.807, 2.05) is 24.3 Å². The second kappa shape index (κ2) is 6.16. The average Bonchev–Trinajstić information content (AvgIpc) is 3.19. The zero-order valence-corrected chi connectivity index (χ0v) is 13.9. The van der Waals surface area contributed by atoms with Gasteiger partial charge in [0, 0.05) is 0 Å². The van der Waals surface area contributed by atoms with Gasteiger partial charge in [-0.15, -0.1) is 5.53 Å². The van der Waals surface area contributed by atoms with Gasteiger partial charge in [-0.3, -0.25) is 19.5 Å². The van der Waals surface area contributed by atoms with E-state index in [0.717, 1.165) is 11.4 Å². The third-order valence-corrected chi connectivity index (χ3v) is 4.41. The van der Waals surface area contributed by atoms with Gasteiger partial charge >= 0.3 is 5.97 Å². The molecule has 4 rings (SSSR count). The molecule has 2 aromatic carbocycles. The summed E-state index contributed by atoms with van der Waals surface area (Å²) in [5.41, 5.74) is 8.28. The number of fused-ring (bicyclic) bond motifs is 2. The lowest BCUT2D eigenvalue weighted by molar-refractivity contribution is -0.145. The second-order valence-corrected chi connectivity index (χ2v) is 5.97. The van der Waals surface area contributed by atoms with Gasteiger partial charge in [-0.25, -0.2) is 4.79 Å². The van der Waals surface area contributed by atoms with Gasteiger partial charge in [0.1, 0.15) is 6.04 Å². The highest BCUT2D eigenvalue weighted by atomic mass is 16.5. The second-order valence-electron chi connectivity index (χ2n) is 5.97. The molecule has 0 bridgehead atoms. The number of esters is 1. The van der Waals surface area contributed by atoms with Gasteiger partial charge < -0.3 is 10.2 Å². The molecule has 0 fully saturated rings. The SMILES string of the molecule is C[C@@H](C(=O)OCN1NNc2ccccc21)N1C(=O)C(=O)c2ccccc21. The van der Waals surface area contributed by atoms with Crippen LogP contribution in [-0.2, 0) is 14.3 Å². The molecular formula is C18H16N4O4. The van der Waals surface area contributed by atoms with Crippen LogP contribution >= 0.6 is 0 Å². The number of hydrogen-bond acceptors (Lipinski definition) is 7. The molecule has 26 heavy (non-hydrogen) atoms. The summed E-state index contributed by atoms with van der Waals surface area (Å²) in [7, 11) is 0. The normalized spacial score (nSPS) is 16.2. The Balaban J connectivity index is 1.46. The minimum absolute atomic E-state index is 0.0508. The first kappa shape index (κ1) is 16.1. The van der Waals surface area contributed by atoms with Gasteiger partial charge in [-0.2, -0.15) is 0 Å². The molecule has 0 aliphatic carbocycles. The van der Waals surface area contributed by atoms with Crippen molar-refractivity contribution in [2.24, 2.45) is 0 Å². The molecule has 0 radical (unpaired) electrons. The van der Waals surface area contributed by atoms with Gasteiger partial charge in [-0.05, 0) is 31.2 Å². The molecule has 0 unspecified atom stereocenters. The van der Waals surface area contributed by atoms with E-state index in [2.05, 4.69) is 11.0 Å². The topological polar surface area (TPSA) is 91.0 Å². The summed E-state index contributed by atoms with van der Waals surface area (Å²) < 4.78 is 5.33. The third-order valence-electron chi connectivity index (χ3n) is 4.41. The Bertz CT molecular complexity index is 914. The lowest BCUT2D eigenvalue weighted by Crippen LogP contribution is -2.45. The molecular weight excluding hydrogens is 336 g/mol. The summed E-state index contributed by atoms with van der Waals surface area (Å²) in [5.74, 6) is -1.93. The fourth-order valence-electron chi connectivity index (χ4n) is 3.05. The van der Waals surface area contributed by atoms with Crippen LogP contribution in [0, 0.1) is 0 Å². The number of amides is 1. The molecule has 8 heteroatoms. The Morgan fingerprint density at radius 2 is 1.77 bits per heavy atom. The van der Waals surface area contributed by atoms with Crippen molar-refractivity contribution >= 4 is 34.7 Å². The number of anilines is 3. The predicted octanol–water partition coefficient (Wildman–Crippen LogP) is 1.46. The van der Waals surface area contributed by atoms with E-state index in [-0.39, 0.29) is 6.73 Å². The molecule has 8 nitrogen and oxygen atoms in total. The van der Waals surface area contributed by atoms with Crippen molar-refractivity contribution in [3.8, 4) is 0 Å². The lowest BCUT2D eigenvalue weighted by Gasteiger charge is -2.24. The van der Waals surface area contributed by atoms with Gasteiger partial charge in [0.25, 0.3) is 11.7 Å².